The van der Waals surface area contributed by atoms with Gasteiger partial charge in [0.2, 0.25) is 5.91 Å². The molecule has 0 aromatic carbocycles. The number of amides is 3. The third kappa shape index (κ3) is 4.05. The predicted molar refractivity (Wildman–Crippen MR) is 95.9 cm³/mol. The smallest absolute Gasteiger partial charge is 0.409 e. The van der Waals surface area contributed by atoms with Crippen LogP contribution in [0.2, 0.25) is 0 Å². The van der Waals surface area contributed by atoms with Gasteiger partial charge in [0.25, 0.3) is 5.91 Å². The minimum atomic E-state index is -0.469. The summed E-state index contributed by atoms with van der Waals surface area (Å²) in [4.78, 5) is 39.7. The predicted octanol–water partition coefficient (Wildman–Crippen LogP) is 0.0599. The lowest BCUT2D eigenvalue weighted by atomic mass is 10.2. The molecule has 1 aromatic rings. The Labute approximate surface area is 157 Å². The molecule has 2 saturated heterocycles. The maximum absolute atomic E-state index is 12.9. The fourth-order valence-corrected chi connectivity index (χ4v) is 3.36. The number of hydrogen-bond acceptors (Lipinski definition) is 6. The van der Waals surface area contributed by atoms with Crippen molar-refractivity contribution in [2.45, 2.75) is 39.5 Å². The van der Waals surface area contributed by atoms with Crippen molar-refractivity contribution in [3.63, 3.8) is 0 Å². The van der Waals surface area contributed by atoms with Crippen LogP contribution in [0.4, 0.5) is 4.79 Å². The first kappa shape index (κ1) is 19.2. The van der Waals surface area contributed by atoms with Gasteiger partial charge in [0.1, 0.15) is 0 Å². The van der Waals surface area contributed by atoms with E-state index in [4.69, 9.17) is 4.74 Å². The second kappa shape index (κ2) is 7.95. The number of piperazine rings is 1. The Hall–Kier alpha value is -2.62. The molecule has 2 aliphatic rings. The van der Waals surface area contributed by atoms with Crippen LogP contribution in [0.25, 0.3) is 0 Å². The molecule has 27 heavy (non-hydrogen) atoms. The van der Waals surface area contributed by atoms with Crippen molar-refractivity contribution in [2.75, 3.05) is 32.8 Å². The van der Waals surface area contributed by atoms with Gasteiger partial charge in [-0.3, -0.25) is 14.9 Å². The van der Waals surface area contributed by atoms with E-state index in [2.05, 4.69) is 15.7 Å². The van der Waals surface area contributed by atoms with Crippen molar-refractivity contribution in [3.05, 3.63) is 17.5 Å². The van der Waals surface area contributed by atoms with E-state index in [-0.39, 0.29) is 23.9 Å². The first-order valence-corrected chi connectivity index (χ1v) is 9.21. The Morgan fingerprint density at radius 3 is 2.56 bits per heavy atom. The molecule has 3 heterocycles. The number of rotatable bonds is 3. The van der Waals surface area contributed by atoms with Gasteiger partial charge in [0.15, 0.2) is 6.29 Å². The zero-order chi connectivity index (χ0) is 19.6. The van der Waals surface area contributed by atoms with Crippen LogP contribution in [-0.2, 0) is 9.53 Å². The quantitative estimate of drug-likeness (QED) is 0.770. The highest BCUT2D eigenvalue weighted by atomic mass is 16.6. The summed E-state index contributed by atoms with van der Waals surface area (Å²) in [6.07, 6.45) is 1.13. The van der Waals surface area contributed by atoms with Crippen LogP contribution >= 0.6 is 0 Å². The lowest BCUT2D eigenvalue weighted by Crippen LogP contribution is -2.52. The number of aromatic nitrogens is 2. The van der Waals surface area contributed by atoms with Gasteiger partial charge in [0, 0.05) is 38.6 Å². The third-order valence-electron chi connectivity index (χ3n) is 4.84. The van der Waals surface area contributed by atoms with E-state index < -0.39 is 6.29 Å². The van der Waals surface area contributed by atoms with Crippen LogP contribution in [-0.4, -0.2) is 76.3 Å². The molecule has 10 nitrogen and oxygen atoms in total. The van der Waals surface area contributed by atoms with Gasteiger partial charge < -0.3 is 19.9 Å². The maximum atomic E-state index is 12.9. The molecule has 148 valence electrons. The summed E-state index contributed by atoms with van der Waals surface area (Å²) >= 11 is 0. The van der Waals surface area contributed by atoms with Crippen molar-refractivity contribution in [3.8, 4) is 0 Å². The summed E-state index contributed by atoms with van der Waals surface area (Å²) in [5.74, 6) is -0.179. The zero-order valence-electron chi connectivity index (χ0n) is 15.9. The Balaban J connectivity index is 1.66. The van der Waals surface area contributed by atoms with Gasteiger partial charge in [-0.2, -0.15) is 5.10 Å². The van der Waals surface area contributed by atoms with Crippen molar-refractivity contribution in [1.82, 2.24) is 30.2 Å². The molecule has 3 rings (SSSR count). The van der Waals surface area contributed by atoms with E-state index in [9.17, 15) is 14.4 Å². The summed E-state index contributed by atoms with van der Waals surface area (Å²) in [5, 5.41) is 10.4. The van der Waals surface area contributed by atoms with Crippen LogP contribution in [0.5, 0.6) is 0 Å². The summed E-state index contributed by atoms with van der Waals surface area (Å²) in [5.41, 5.74) is 1.17. The standard InChI is InChI=1S/C17H26N6O4/c1-4-27-17(26)22-7-5-21(6-8-22)15(25)13-10-18-23(12(13)3)16-19-11(2)9-14(24)20-16/h10-11,16,19H,4-9H2,1-3H3,(H,20,24). The molecular weight excluding hydrogens is 352 g/mol. The van der Waals surface area contributed by atoms with E-state index in [1.807, 2.05) is 13.8 Å². The second-order valence-electron chi connectivity index (χ2n) is 6.81. The zero-order valence-corrected chi connectivity index (χ0v) is 15.9. The van der Waals surface area contributed by atoms with Crippen molar-refractivity contribution in [1.29, 1.82) is 0 Å². The Morgan fingerprint density at radius 2 is 1.93 bits per heavy atom. The maximum Gasteiger partial charge on any atom is 0.409 e. The largest absolute Gasteiger partial charge is 0.450 e. The highest BCUT2D eigenvalue weighted by molar-refractivity contribution is 5.95. The van der Waals surface area contributed by atoms with Gasteiger partial charge in [-0.15, -0.1) is 0 Å². The minimum absolute atomic E-state index is 0.0301. The van der Waals surface area contributed by atoms with Crippen molar-refractivity contribution >= 4 is 17.9 Å². The van der Waals surface area contributed by atoms with Gasteiger partial charge >= 0.3 is 6.09 Å². The van der Waals surface area contributed by atoms with Crippen LogP contribution in [0.3, 0.4) is 0 Å². The van der Waals surface area contributed by atoms with E-state index in [1.165, 1.54) is 6.20 Å². The average Bonchev–Trinajstić information content (AvgIpc) is 3.02. The Bertz CT molecular complexity index is 725. The average molecular weight is 378 g/mol. The molecule has 2 fully saturated rings. The molecule has 2 N–H and O–H groups in total. The summed E-state index contributed by atoms with van der Waals surface area (Å²) in [6, 6.07) is 0.0301. The van der Waals surface area contributed by atoms with Gasteiger partial charge in [0.05, 0.1) is 24.1 Å². The first-order chi connectivity index (χ1) is 12.9. The third-order valence-corrected chi connectivity index (χ3v) is 4.84. The lowest BCUT2D eigenvalue weighted by molar-refractivity contribution is -0.125. The lowest BCUT2D eigenvalue weighted by Gasteiger charge is -2.34. The SMILES string of the molecule is CCOC(=O)N1CCN(C(=O)c2cnn(C3NC(=O)CC(C)N3)c2C)CC1. The number of nitrogens with one attached hydrogen (secondary N) is 2. The molecular formula is C17H26N6O4. The molecule has 0 saturated carbocycles. The van der Waals surface area contributed by atoms with Crippen LogP contribution in [0.15, 0.2) is 6.20 Å². The van der Waals surface area contributed by atoms with Gasteiger partial charge in [-0.05, 0) is 20.8 Å². The number of carbonyl (C=O) groups is 3. The molecule has 3 amide bonds. The van der Waals surface area contributed by atoms with Crippen molar-refractivity contribution < 1.29 is 19.1 Å². The molecule has 1 aromatic heterocycles. The molecule has 0 spiro atoms. The highest BCUT2D eigenvalue weighted by Crippen LogP contribution is 2.17. The van der Waals surface area contributed by atoms with E-state index in [0.717, 1.165) is 0 Å². The fraction of sp³-hybridized carbons (Fsp3) is 0.647. The second-order valence-corrected chi connectivity index (χ2v) is 6.81. The van der Waals surface area contributed by atoms with Crippen LogP contribution in [0.1, 0.15) is 42.6 Å². The number of nitrogens with zero attached hydrogens (tertiary/aromatic N) is 4. The molecule has 0 aliphatic carbocycles. The summed E-state index contributed by atoms with van der Waals surface area (Å²) < 4.78 is 6.62. The van der Waals surface area contributed by atoms with Gasteiger partial charge in [-0.25, -0.2) is 9.48 Å². The Kier molecular flexibility index (Phi) is 5.64. The number of ether oxygens (including phenoxy) is 1. The molecule has 2 aliphatic heterocycles. The van der Waals surface area contributed by atoms with E-state index >= 15 is 0 Å². The molecule has 2 unspecified atom stereocenters. The Morgan fingerprint density at radius 1 is 1.26 bits per heavy atom. The molecule has 0 radical (unpaired) electrons. The van der Waals surface area contributed by atoms with Crippen molar-refractivity contribution in [2.24, 2.45) is 0 Å². The normalized spacial score (nSPS) is 23.1. The van der Waals surface area contributed by atoms with E-state index in [0.29, 0.717) is 50.5 Å². The number of carbonyl (C=O) groups excluding carboxylic acids is 3. The molecule has 10 heteroatoms. The van der Waals surface area contributed by atoms with Crippen LogP contribution < -0.4 is 10.6 Å². The first-order valence-electron chi connectivity index (χ1n) is 9.21. The fourth-order valence-electron chi connectivity index (χ4n) is 3.36. The van der Waals surface area contributed by atoms with Gasteiger partial charge in [-0.1, -0.05) is 0 Å². The van der Waals surface area contributed by atoms with Crippen LogP contribution in [0, 0.1) is 6.92 Å². The molecule has 2 atom stereocenters. The topological polar surface area (TPSA) is 109 Å². The summed E-state index contributed by atoms with van der Waals surface area (Å²) in [7, 11) is 0. The summed E-state index contributed by atoms with van der Waals surface area (Å²) in [6.45, 7) is 7.60. The minimum Gasteiger partial charge on any atom is -0.450 e. The molecule has 0 bridgehead atoms. The monoisotopic (exact) mass is 378 g/mol. The van der Waals surface area contributed by atoms with E-state index in [1.54, 1.807) is 21.4 Å². The number of hydrogen-bond donors (Lipinski definition) is 2. The highest BCUT2D eigenvalue weighted by Gasteiger charge is 2.30.